The molecule has 0 spiro atoms. The van der Waals surface area contributed by atoms with Crippen molar-refractivity contribution in [3.8, 4) is 0 Å². The number of hydrogen-bond donors (Lipinski definition) is 2. The molecule has 118 valence electrons. The van der Waals surface area contributed by atoms with Crippen molar-refractivity contribution in [2.24, 2.45) is 0 Å². The Kier molecular flexibility index (Phi) is 3.02. The van der Waals surface area contributed by atoms with Gasteiger partial charge in [0.15, 0.2) is 0 Å². The molecule has 4 rings (SSSR count). The van der Waals surface area contributed by atoms with Crippen LogP contribution in [0.1, 0.15) is 12.5 Å². The van der Waals surface area contributed by atoms with E-state index in [1.54, 1.807) is 22.9 Å². The molecule has 3 aromatic rings. The zero-order chi connectivity index (χ0) is 16.1. The Morgan fingerprint density at radius 1 is 1.43 bits per heavy atom. The third-order valence-corrected chi connectivity index (χ3v) is 4.36. The average molecular weight is 334 g/mol. The van der Waals surface area contributed by atoms with Gasteiger partial charge in [0.2, 0.25) is 0 Å². The Labute approximate surface area is 134 Å². The number of pyridine rings is 2. The number of imidazole rings is 1. The van der Waals surface area contributed by atoms with E-state index in [2.05, 4.69) is 15.0 Å². The van der Waals surface area contributed by atoms with E-state index >= 15 is 0 Å². The van der Waals surface area contributed by atoms with E-state index in [4.69, 9.17) is 16.7 Å². The predicted molar refractivity (Wildman–Crippen MR) is 83.9 cm³/mol. The first-order chi connectivity index (χ1) is 11.0. The van der Waals surface area contributed by atoms with Crippen LogP contribution in [0.5, 0.6) is 0 Å². The highest BCUT2D eigenvalue weighted by Crippen LogP contribution is 2.28. The normalized spacial score (nSPS) is 18.1. The molecule has 2 N–H and O–H groups in total. The second-order valence-electron chi connectivity index (χ2n) is 5.49. The van der Waals surface area contributed by atoms with Crippen LogP contribution in [0, 0.1) is 0 Å². The predicted octanol–water partition coefficient (Wildman–Crippen LogP) is 1.85. The van der Waals surface area contributed by atoms with Crippen molar-refractivity contribution in [1.82, 2.24) is 24.4 Å². The van der Waals surface area contributed by atoms with Crippen LogP contribution in [0.2, 0.25) is 5.15 Å². The van der Waals surface area contributed by atoms with Crippen molar-refractivity contribution in [3.05, 3.63) is 34.0 Å². The van der Waals surface area contributed by atoms with Crippen LogP contribution in [0.4, 0.5) is 4.79 Å². The maximum Gasteiger partial charge on any atom is 0.407 e. The molecule has 1 atom stereocenters. The number of amides is 1. The van der Waals surface area contributed by atoms with Gasteiger partial charge in [-0.3, -0.25) is 9.55 Å². The Morgan fingerprint density at radius 3 is 3.00 bits per heavy atom. The molecule has 0 unspecified atom stereocenters. The minimum Gasteiger partial charge on any atom is -0.465 e. The van der Waals surface area contributed by atoms with Crippen molar-refractivity contribution in [3.63, 3.8) is 0 Å². The van der Waals surface area contributed by atoms with Crippen molar-refractivity contribution in [2.45, 2.75) is 12.5 Å². The zero-order valence-corrected chi connectivity index (χ0v) is 12.6. The smallest absolute Gasteiger partial charge is 0.407 e. The highest BCUT2D eigenvalue weighted by molar-refractivity contribution is 6.30. The number of carbonyl (C=O) groups is 1. The molecule has 23 heavy (non-hydrogen) atoms. The Bertz CT molecular complexity index is 995. The Hall–Kier alpha value is -2.61. The van der Waals surface area contributed by atoms with Crippen LogP contribution < -0.4 is 5.69 Å². The van der Waals surface area contributed by atoms with Crippen molar-refractivity contribution in [1.29, 1.82) is 0 Å². The molecule has 0 saturated carbocycles. The summed E-state index contributed by atoms with van der Waals surface area (Å²) in [5.74, 6) is 0. The molecule has 1 fully saturated rings. The number of nitrogens with zero attached hydrogens (tertiary/aromatic N) is 4. The van der Waals surface area contributed by atoms with Gasteiger partial charge in [0, 0.05) is 13.1 Å². The molecule has 4 heterocycles. The lowest BCUT2D eigenvalue weighted by Gasteiger charge is -2.14. The lowest BCUT2D eigenvalue weighted by Crippen LogP contribution is -2.29. The average Bonchev–Trinajstić information content (AvgIpc) is 3.10. The fraction of sp³-hybridized carbons (Fsp3) is 0.286. The van der Waals surface area contributed by atoms with Gasteiger partial charge in [-0.2, -0.15) is 0 Å². The summed E-state index contributed by atoms with van der Waals surface area (Å²) in [6, 6.07) is 3.14. The molecule has 0 radical (unpaired) electrons. The minimum atomic E-state index is -0.979. The number of rotatable bonds is 1. The molecule has 1 amide bonds. The van der Waals surface area contributed by atoms with Gasteiger partial charge in [0.25, 0.3) is 0 Å². The minimum absolute atomic E-state index is 0.237. The van der Waals surface area contributed by atoms with Crippen LogP contribution in [0.3, 0.4) is 0 Å². The number of likely N-dealkylation sites (tertiary alicyclic amines) is 1. The van der Waals surface area contributed by atoms with E-state index in [9.17, 15) is 9.59 Å². The van der Waals surface area contributed by atoms with Crippen molar-refractivity contribution < 1.29 is 9.90 Å². The molecular formula is C14H12ClN5O3. The van der Waals surface area contributed by atoms with Crippen LogP contribution >= 0.6 is 11.6 Å². The maximum atomic E-state index is 12.4. The van der Waals surface area contributed by atoms with Gasteiger partial charge >= 0.3 is 11.8 Å². The van der Waals surface area contributed by atoms with Gasteiger partial charge < -0.3 is 15.0 Å². The standard InChI is InChI=1S/C14H12ClN5O3/c15-10-2-1-8-11(18-10)12-9(5-16-8)17-13(21)20(12)7-3-4-19(6-7)14(22)23/h1-2,5,7H,3-4,6H2,(H,17,21)(H,22,23)/t7-/m0/s1. The number of hydrogen-bond acceptors (Lipinski definition) is 4. The lowest BCUT2D eigenvalue weighted by atomic mass is 10.2. The summed E-state index contributed by atoms with van der Waals surface area (Å²) >= 11 is 5.98. The summed E-state index contributed by atoms with van der Waals surface area (Å²) in [6.07, 6.45) is 1.17. The summed E-state index contributed by atoms with van der Waals surface area (Å²) in [7, 11) is 0. The molecule has 8 nitrogen and oxygen atoms in total. The summed E-state index contributed by atoms with van der Waals surface area (Å²) in [5.41, 5.74) is 2.03. The maximum absolute atomic E-state index is 12.4. The topological polar surface area (TPSA) is 104 Å². The first kappa shape index (κ1) is 14.0. The third kappa shape index (κ3) is 2.14. The van der Waals surface area contributed by atoms with Gasteiger partial charge in [-0.1, -0.05) is 11.6 Å². The highest BCUT2D eigenvalue weighted by Gasteiger charge is 2.30. The van der Waals surface area contributed by atoms with E-state index in [-0.39, 0.29) is 18.3 Å². The second-order valence-corrected chi connectivity index (χ2v) is 5.88. The first-order valence-electron chi connectivity index (χ1n) is 7.08. The van der Waals surface area contributed by atoms with Gasteiger partial charge in [0.1, 0.15) is 10.7 Å². The van der Waals surface area contributed by atoms with E-state index in [1.807, 2.05) is 0 Å². The monoisotopic (exact) mass is 333 g/mol. The molecule has 0 aliphatic carbocycles. The molecule has 1 aliphatic rings. The Balaban J connectivity index is 1.96. The molecule has 0 aromatic carbocycles. The lowest BCUT2D eigenvalue weighted by molar-refractivity contribution is 0.154. The summed E-state index contributed by atoms with van der Waals surface area (Å²) < 4.78 is 1.58. The van der Waals surface area contributed by atoms with Crippen LogP contribution in [-0.4, -0.2) is 48.7 Å². The van der Waals surface area contributed by atoms with E-state index < -0.39 is 6.09 Å². The van der Waals surface area contributed by atoms with E-state index in [0.717, 1.165) is 0 Å². The van der Waals surface area contributed by atoms with Gasteiger partial charge in [-0.05, 0) is 18.6 Å². The van der Waals surface area contributed by atoms with Gasteiger partial charge in [0.05, 0.1) is 28.8 Å². The summed E-state index contributed by atoms with van der Waals surface area (Å²) in [6.45, 7) is 0.670. The SMILES string of the molecule is O=C(O)N1CC[C@H](n2c(=O)[nH]c3cnc4ccc(Cl)nc4c32)C1. The number of halogens is 1. The second kappa shape index (κ2) is 4.95. The Morgan fingerprint density at radius 2 is 2.26 bits per heavy atom. The van der Waals surface area contributed by atoms with Crippen LogP contribution in [0.25, 0.3) is 22.1 Å². The highest BCUT2D eigenvalue weighted by atomic mass is 35.5. The van der Waals surface area contributed by atoms with Crippen molar-refractivity contribution >= 4 is 39.8 Å². The fourth-order valence-corrected chi connectivity index (χ4v) is 3.26. The number of aromatic amines is 1. The molecular weight excluding hydrogens is 322 g/mol. The molecule has 0 bridgehead atoms. The summed E-state index contributed by atoms with van der Waals surface area (Å²) in [5, 5.41) is 9.42. The number of carboxylic acid groups (broad SMARTS) is 1. The fourth-order valence-electron chi connectivity index (χ4n) is 3.12. The van der Waals surface area contributed by atoms with E-state index in [1.165, 1.54) is 4.90 Å². The number of fused-ring (bicyclic) bond motifs is 3. The molecule has 1 saturated heterocycles. The quantitative estimate of drug-likeness (QED) is 0.661. The van der Waals surface area contributed by atoms with E-state index in [0.29, 0.717) is 40.2 Å². The first-order valence-corrected chi connectivity index (χ1v) is 7.46. The zero-order valence-electron chi connectivity index (χ0n) is 11.9. The third-order valence-electron chi connectivity index (χ3n) is 4.15. The van der Waals surface area contributed by atoms with Crippen LogP contribution in [0.15, 0.2) is 23.1 Å². The molecule has 3 aromatic heterocycles. The number of aromatic nitrogens is 4. The van der Waals surface area contributed by atoms with Gasteiger partial charge in [-0.25, -0.2) is 14.6 Å². The molecule has 1 aliphatic heterocycles. The summed E-state index contributed by atoms with van der Waals surface area (Å²) in [4.78, 5) is 36.1. The molecule has 9 heteroatoms. The largest absolute Gasteiger partial charge is 0.465 e. The van der Waals surface area contributed by atoms with Gasteiger partial charge in [-0.15, -0.1) is 0 Å². The number of H-pyrrole nitrogens is 1. The van der Waals surface area contributed by atoms with Crippen LogP contribution in [-0.2, 0) is 0 Å². The number of nitrogens with one attached hydrogen (secondary N) is 1. The van der Waals surface area contributed by atoms with Crippen molar-refractivity contribution in [2.75, 3.05) is 13.1 Å².